The summed E-state index contributed by atoms with van der Waals surface area (Å²) in [6.45, 7) is 7.28. The van der Waals surface area contributed by atoms with Gasteiger partial charge in [0.1, 0.15) is 12.6 Å². The smallest absolute Gasteiger partial charge is 0.264 e. The van der Waals surface area contributed by atoms with Crippen molar-refractivity contribution < 1.29 is 18.0 Å². The molecular weight excluding hydrogens is 640 g/mol. The molecule has 0 aromatic heterocycles. The molecule has 3 aromatic carbocycles. The minimum atomic E-state index is -4.29. The summed E-state index contributed by atoms with van der Waals surface area (Å²) in [7, 11) is -4.29. The molecule has 0 saturated heterocycles. The van der Waals surface area contributed by atoms with Crippen molar-refractivity contribution in [3.63, 3.8) is 0 Å². The molecule has 2 amide bonds. The van der Waals surface area contributed by atoms with Crippen LogP contribution in [0.1, 0.15) is 38.3 Å². The van der Waals surface area contributed by atoms with Crippen molar-refractivity contribution in [2.24, 2.45) is 5.92 Å². The van der Waals surface area contributed by atoms with Crippen LogP contribution >= 0.6 is 46.4 Å². The fourth-order valence-electron chi connectivity index (χ4n) is 4.20. The van der Waals surface area contributed by atoms with Crippen LogP contribution in [0.15, 0.2) is 65.6 Å². The molecule has 0 unspecified atom stereocenters. The molecule has 1 atom stereocenters. The fourth-order valence-corrected chi connectivity index (χ4v) is 6.39. The predicted molar refractivity (Wildman–Crippen MR) is 171 cm³/mol. The van der Waals surface area contributed by atoms with E-state index in [1.54, 1.807) is 37.3 Å². The Balaban J connectivity index is 2.10. The molecule has 0 radical (unpaired) electrons. The van der Waals surface area contributed by atoms with E-state index in [4.69, 9.17) is 46.4 Å². The summed E-state index contributed by atoms with van der Waals surface area (Å²) in [5.74, 6) is -0.793. The van der Waals surface area contributed by atoms with Crippen LogP contribution in [0.2, 0.25) is 20.1 Å². The highest BCUT2D eigenvalue weighted by molar-refractivity contribution is 7.92. The van der Waals surface area contributed by atoms with Crippen LogP contribution in [-0.4, -0.2) is 44.3 Å². The lowest BCUT2D eigenvalue weighted by atomic mass is 10.1. The molecule has 12 heteroatoms. The van der Waals surface area contributed by atoms with E-state index in [1.165, 1.54) is 35.2 Å². The first-order chi connectivity index (χ1) is 19.7. The number of hydrogen-bond donors (Lipinski definition) is 1. The lowest BCUT2D eigenvalue weighted by Gasteiger charge is -2.33. The van der Waals surface area contributed by atoms with Crippen molar-refractivity contribution >= 4 is 73.9 Å². The standard InChI is InChI=1S/C30H33Cl4N3O4S/c1-5-27(30(39)35-16-19(2)3)36(17-21-8-12-24(32)26(34)14-21)29(38)18-37(28-15-22(31)9-13-25(28)33)42(40,41)23-10-6-20(4)7-11-23/h6-15,19,27H,5,16-18H2,1-4H3,(H,35,39)/t27-/m0/s1. The summed E-state index contributed by atoms with van der Waals surface area (Å²) in [5, 5.41) is 3.83. The minimum Gasteiger partial charge on any atom is -0.354 e. The SMILES string of the molecule is CC[C@@H](C(=O)NCC(C)C)N(Cc1ccc(Cl)c(Cl)c1)C(=O)CN(c1cc(Cl)ccc1Cl)S(=O)(=O)c1ccc(C)cc1. The molecule has 0 saturated carbocycles. The second-order valence-corrected chi connectivity index (χ2v) is 13.8. The van der Waals surface area contributed by atoms with E-state index in [9.17, 15) is 18.0 Å². The Morgan fingerprint density at radius 1 is 0.881 bits per heavy atom. The number of benzene rings is 3. The molecule has 42 heavy (non-hydrogen) atoms. The molecular formula is C30H33Cl4N3O4S. The van der Waals surface area contributed by atoms with Gasteiger partial charge in [0.05, 0.1) is 25.7 Å². The Labute approximate surface area is 267 Å². The molecule has 0 heterocycles. The van der Waals surface area contributed by atoms with Gasteiger partial charge in [0, 0.05) is 18.1 Å². The second-order valence-electron chi connectivity index (χ2n) is 10.3. The van der Waals surface area contributed by atoms with Crippen LogP contribution in [0.4, 0.5) is 5.69 Å². The molecule has 3 rings (SSSR count). The van der Waals surface area contributed by atoms with Gasteiger partial charge >= 0.3 is 0 Å². The van der Waals surface area contributed by atoms with Gasteiger partial charge in [-0.3, -0.25) is 13.9 Å². The minimum absolute atomic E-state index is 0.0228. The number of amides is 2. The van der Waals surface area contributed by atoms with E-state index in [1.807, 2.05) is 20.8 Å². The Hall–Kier alpha value is -2.49. The third kappa shape index (κ3) is 8.54. The number of sulfonamides is 1. The Bertz CT molecular complexity index is 1530. The number of nitrogens with zero attached hydrogens (tertiary/aromatic N) is 2. The molecule has 226 valence electrons. The van der Waals surface area contributed by atoms with Crippen LogP contribution in [0.5, 0.6) is 0 Å². The zero-order chi connectivity index (χ0) is 31.2. The topological polar surface area (TPSA) is 86.8 Å². The van der Waals surface area contributed by atoms with Gasteiger partial charge in [0.2, 0.25) is 11.8 Å². The Kier molecular flexibility index (Phi) is 12.0. The highest BCUT2D eigenvalue weighted by atomic mass is 35.5. The molecule has 3 aromatic rings. The summed E-state index contributed by atoms with van der Waals surface area (Å²) in [6, 6.07) is 14.6. The van der Waals surface area contributed by atoms with Gasteiger partial charge < -0.3 is 10.2 Å². The molecule has 0 fully saturated rings. The largest absolute Gasteiger partial charge is 0.354 e. The van der Waals surface area contributed by atoms with Crippen molar-refractivity contribution in [3.8, 4) is 0 Å². The van der Waals surface area contributed by atoms with Crippen LogP contribution in [0.3, 0.4) is 0 Å². The summed E-state index contributed by atoms with van der Waals surface area (Å²) in [5.41, 5.74) is 1.51. The summed E-state index contributed by atoms with van der Waals surface area (Å²) in [6.07, 6.45) is 0.277. The highest BCUT2D eigenvalue weighted by Crippen LogP contribution is 2.33. The number of carbonyl (C=O) groups is 2. The van der Waals surface area contributed by atoms with E-state index in [0.717, 1.165) is 9.87 Å². The molecule has 1 N–H and O–H groups in total. The third-order valence-corrected chi connectivity index (χ3v) is 9.54. The van der Waals surface area contributed by atoms with Crippen molar-refractivity contribution in [1.82, 2.24) is 10.2 Å². The third-order valence-electron chi connectivity index (χ3n) is 6.47. The first kappa shape index (κ1) is 34.0. The predicted octanol–water partition coefficient (Wildman–Crippen LogP) is 7.38. The molecule has 0 aliphatic carbocycles. The normalized spacial score (nSPS) is 12.2. The van der Waals surface area contributed by atoms with E-state index in [0.29, 0.717) is 17.1 Å². The lowest BCUT2D eigenvalue weighted by Crippen LogP contribution is -2.52. The Morgan fingerprint density at radius 2 is 1.52 bits per heavy atom. The van der Waals surface area contributed by atoms with Crippen LogP contribution in [0.25, 0.3) is 0 Å². The maximum atomic E-state index is 14.2. The van der Waals surface area contributed by atoms with Gasteiger partial charge in [-0.2, -0.15) is 0 Å². The maximum Gasteiger partial charge on any atom is 0.264 e. The quantitative estimate of drug-likeness (QED) is 0.218. The van der Waals surface area contributed by atoms with Gasteiger partial charge in [-0.1, -0.05) is 90.9 Å². The molecule has 0 spiro atoms. The lowest BCUT2D eigenvalue weighted by molar-refractivity contribution is -0.140. The van der Waals surface area contributed by atoms with Crippen molar-refractivity contribution in [3.05, 3.63) is 91.9 Å². The van der Waals surface area contributed by atoms with Gasteiger partial charge in [0.15, 0.2) is 0 Å². The molecule has 0 aliphatic rings. The zero-order valence-corrected chi connectivity index (χ0v) is 27.5. The molecule has 0 bridgehead atoms. The number of halogens is 4. The maximum absolute atomic E-state index is 14.2. The number of rotatable bonds is 12. The molecule has 7 nitrogen and oxygen atoms in total. The fraction of sp³-hybridized carbons (Fsp3) is 0.333. The second kappa shape index (κ2) is 14.8. The van der Waals surface area contributed by atoms with Gasteiger partial charge in [-0.15, -0.1) is 0 Å². The van der Waals surface area contributed by atoms with Gasteiger partial charge in [-0.25, -0.2) is 8.42 Å². The van der Waals surface area contributed by atoms with E-state index < -0.39 is 28.5 Å². The van der Waals surface area contributed by atoms with Crippen molar-refractivity contribution in [1.29, 1.82) is 0 Å². The summed E-state index contributed by atoms with van der Waals surface area (Å²) in [4.78, 5) is 28.8. The summed E-state index contributed by atoms with van der Waals surface area (Å²) < 4.78 is 28.9. The van der Waals surface area contributed by atoms with Crippen molar-refractivity contribution in [2.45, 2.75) is 51.6 Å². The monoisotopic (exact) mass is 671 g/mol. The first-order valence-corrected chi connectivity index (χ1v) is 16.2. The van der Waals surface area contributed by atoms with Crippen LogP contribution in [0, 0.1) is 12.8 Å². The number of aryl methyl sites for hydroxylation is 1. The first-order valence-electron chi connectivity index (χ1n) is 13.3. The molecule has 0 aliphatic heterocycles. The van der Waals surface area contributed by atoms with Crippen LogP contribution < -0.4 is 9.62 Å². The number of hydrogen-bond acceptors (Lipinski definition) is 4. The van der Waals surface area contributed by atoms with E-state index >= 15 is 0 Å². The summed E-state index contributed by atoms with van der Waals surface area (Å²) >= 11 is 25.0. The van der Waals surface area contributed by atoms with E-state index in [-0.39, 0.29) is 50.4 Å². The number of carbonyl (C=O) groups excluding carboxylic acids is 2. The highest BCUT2D eigenvalue weighted by Gasteiger charge is 2.34. The van der Waals surface area contributed by atoms with Gasteiger partial charge in [0.25, 0.3) is 10.0 Å². The average Bonchev–Trinajstić information content (AvgIpc) is 2.93. The van der Waals surface area contributed by atoms with E-state index in [2.05, 4.69) is 5.32 Å². The Morgan fingerprint density at radius 3 is 2.12 bits per heavy atom. The average molecular weight is 673 g/mol. The number of anilines is 1. The van der Waals surface area contributed by atoms with Gasteiger partial charge in [-0.05, 0) is 67.3 Å². The van der Waals surface area contributed by atoms with Crippen LogP contribution in [-0.2, 0) is 26.2 Å². The van der Waals surface area contributed by atoms with Crippen molar-refractivity contribution in [2.75, 3.05) is 17.4 Å². The number of nitrogens with one attached hydrogen (secondary N) is 1. The zero-order valence-electron chi connectivity index (χ0n) is 23.7.